The summed E-state index contributed by atoms with van der Waals surface area (Å²) in [4.78, 5) is 2.63. The Hall–Kier alpha value is -1.81. The largest absolute Gasteiger partial charge is 0.508 e. The zero-order valence-electron chi connectivity index (χ0n) is 14.2. The molecule has 0 spiro atoms. The number of benzene rings is 1. The van der Waals surface area contributed by atoms with E-state index in [1.807, 2.05) is 30.1 Å². The van der Waals surface area contributed by atoms with Crippen LogP contribution in [0, 0.1) is 6.92 Å². The van der Waals surface area contributed by atoms with Crippen molar-refractivity contribution in [1.29, 1.82) is 0 Å². The molecule has 1 aromatic heterocycles. The molecule has 0 bridgehead atoms. The first kappa shape index (κ1) is 16.1. The highest BCUT2D eigenvalue weighted by atomic mass is 16.3. The Labute approximate surface area is 138 Å². The van der Waals surface area contributed by atoms with E-state index in [2.05, 4.69) is 16.9 Å². The molecule has 1 aliphatic heterocycles. The first-order valence-corrected chi connectivity index (χ1v) is 8.63. The van der Waals surface area contributed by atoms with Crippen LogP contribution in [0.25, 0.3) is 0 Å². The van der Waals surface area contributed by atoms with E-state index in [9.17, 15) is 5.11 Å². The molecular formula is C19H27N3O. The van der Waals surface area contributed by atoms with Crippen molar-refractivity contribution in [2.24, 2.45) is 7.05 Å². The van der Waals surface area contributed by atoms with Gasteiger partial charge in [-0.1, -0.05) is 18.6 Å². The number of hydrogen-bond acceptors (Lipinski definition) is 3. The second-order valence-corrected chi connectivity index (χ2v) is 6.70. The van der Waals surface area contributed by atoms with Crippen LogP contribution in [0.4, 0.5) is 0 Å². The molecule has 1 N–H and O–H groups in total. The molecule has 4 heteroatoms. The monoisotopic (exact) mass is 313 g/mol. The lowest BCUT2D eigenvalue weighted by Gasteiger charge is -2.35. The molecule has 2 heterocycles. The number of hydrogen-bond donors (Lipinski definition) is 1. The summed E-state index contributed by atoms with van der Waals surface area (Å²) in [6.45, 7) is 4.35. The molecular weight excluding hydrogens is 286 g/mol. The fourth-order valence-electron chi connectivity index (χ4n) is 3.51. The summed E-state index contributed by atoms with van der Waals surface area (Å²) in [6, 6.07) is 8.29. The third-order valence-electron chi connectivity index (χ3n) is 5.16. The van der Waals surface area contributed by atoms with Gasteiger partial charge in [-0.2, -0.15) is 5.10 Å². The Morgan fingerprint density at radius 1 is 1.22 bits per heavy atom. The van der Waals surface area contributed by atoms with Gasteiger partial charge in [0.2, 0.25) is 0 Å². The minimum absolute atomic E-state index is 0.347. The van der Waals surface area contributed by atoms with Crippen molar-refractivity contribution < 1.29 is 5.11 Å². The van der Waals surface area contributed by atoms with Gasteiger partial charge in [-0.05, 0) is 56.8 Å². The minimum Gasteiger partial charge on any atom is -0.508 e. The maximum absolute atomic E-state index is 9.39. The Morgan fingerprint density at radius 3 is 2.70 bits per heavy atom. The van der Waals surface area contributed by atoms with Crippen molar-refractivity contribution in [3.8, 4) is 5.75 Å². The first-order chi connectivity index (χ1) is 11.1. The quantitative estimate of drug-likeness (QED) is 0.919. The van der Waals surface area contributed by atoms with Gasteiger partial charge >= 0.3 is 0 Å². The van der Waals surface area contributed by atoms with Gasteiger partial charge in [-0.15, -0.1) is 0 Å². The third kappa shape index (κ3) is 3.94. The summed E-state index contributed by atoms with van der Waals surface area (Å²) in [5.74, 6) is 0.347. The number of likely N-dealkylation sites (tertiary alicyclic amines) is 1. The lowest BCUT2D eigenvalue weighted by atomic mass is 9.95. The fourth-order valence-corrected chi connectivity index (χ4v) is 3.51. The van der Waals surface area contributed by atoms with Gasteiger partial charge in [0.05, 0.1) is 6.20 Å². The minimum atomic E-state index is 0.347. The number of aryl methyl sites for hydroxylation is 2. The van der Waals surface area contributed by atoms with Crippen LogP contribution in [0.2, 0.25) is 0 Å². The highest BCUT2D eigenvalue weighted by molar-refractivity contribution is 5.26. The molecule has 23 heavy (non-hydrogen) atoms. The topological polar surface area (TPSA) is 41.3 Å². The Balaban J connectivity index is 1.62. The van der Waals surface area contributed by atoms with Crippen LogP contribution in [-0.2, 0) is 20.0 Å². The second kappa shape index (κ2) is 7.18. The Kier molecular flexibility index (Phi) is 5.01. The number of phenolic OH excluding ortho intramolecular Hbond substituents is 1. The molecule has 124 valence electrons. The molecule has 1 fully saturated rings. The highest BCUT2D eigenvalue weighted by Crippen LogP contribution is 2.24. The number of piperidine rings is 1. The van der Waals surface area contributed by atoms with E-state index in [1.165, 1.54) is 49.0 Å². The summed E-state index contributed by atoms with van der Waals surface area (Å²) >= 11 is 0. The summed E-state index contributed by atoms with van der Waals surface area (Å²) in [6.07, 6.45) is 8.20. The van der Waals surface area contributed by atoms with Crippen molar-refractivity contribution >= 4 is 0 Å². The van der Waals surface area contributed by atoms with Crippen LogP contribution in [0.15, 0.2) is 30.5 Å². The molecule has 4 nitrogen and oxygen atoms in total. The van der Waals surface area contributed by atoms with Gasteiger partial charge in [0.15, 0.2) is 0 Å². The van der Waals surface area contributed by atoms with Crippen molar-refractivity contribution in [2.75, 3.05) is 6.54 Å². The standard InChI is InChI=1S/C19H27N3O/c1-15-17(13-20-21(15)2)14-22-12-4-3-5-18(22)9-6-16-7-10-19(23)11-8-16/h7-8,10-11,13,18,23H,3-6,9,12,14H2,1-2H3/t18-/m1/s1. The van der Waals surface area contributed by atoms with Gasteiger partial charge in [0, 0.05) is 30.9 Å². The maximum atomic E-state index is 9.39. The molecule has 3 rings (SSSR count). The fraction of sp³-hybridized carbons (Fsp3) is 0.526. The van der Waals surface area contributed by atoms with Crippen LogP contribution < -0.4 is 0 Å². The number of aromatic nitrogens is 2. The van der Waals surface area contributed by atoms with Crippen LogP contribution in [0.3, 0.4) is 0 Å². The predicted molar refractivity (Wildman–Crippen MR) is 92.4 cm³/mol. The lowest BCUT2D eigenvalue weighted by Crippen LogP contribution is -2.39. The van der Waals surface area contributed by atoms with Crippen molar-refractivity contribution in [2.45, 2.75) is 51.6 Å². The van der Waals surface area contributed by atoms with Crippen LogP contribution in [0.1, 0.15) is 42.5 Å². The predicted octanol–water partition coefficient (Wildman–Crippen LogP) is 3.42. The lowest BCUT2D eigenvalue weighted by molar-refractivity contribution is 0.132. The molecule has 1 aromatic carbocycles. The van der Waals surface area contributed by atoms with E-state index in [0.717, 1.165) is 13.0 Å². The van der Waals surface area contributed by atoms with Crippen molar-refractivity contribution in [3.63, 3.8) is 0 Å². The van der Waals surface area contributed by atoms with E-state index in [-0.39, 0.29) is 0 Å². The molecule has 2 aromatic rings. The molecule has 0 radical (unpaired) electrons. The molecule has 1 atom stereocenters. The highest BCUT2D eigenvalue weighted by Gasteiger charge is 2.23. The average Bonchev–Trinajstić information content (AvgIpc) is 2.88. The van der Waals surface area contributed by atoms with E-state index in [1.54, 1.807) is 12.1 Å². The van der Waals surface area contributed by atoms with Gasteiger partial charge in [-0.3, -0.25) is 9.58 Å². The molecule has 0 saturated carbocycles. The molecule has 0 amide bonds. The van der Waals surface area contributed by atoms with Crippen LogP contribution in [-0.4, -0.2) is 32.4 Å². The maximum Gasteiger partial charge on any atom is 0.115 e. The summed E-state index contributed by atoms with van der Waals surface area (Å²) in [5, 5.41) is 13.8. The van der Waals surface area contributed by atoms with Gasteiger partial charge in [-0.25, -0.2) is 0 Å². The number of nitrogens with zero attached hydrogens (tertiary/aromatic N) is 3. The van der Waals surface area contributed by atoms with Crippen molar-refractivity contribution in [1.82, 2.24) is 14.7 Å². The number of rotatable bonds is 5. The van der Waals surface area contributed by atoms with E-state index in [4.69, 9.17) is 0 Å². The molecule has 0 unspecified atom stereocenters. The zero-order valence-corrected chi connectivity index (χ0v) is 14.2. The SMILES string of the molecule is Cc1c(CN2CCCC[C@@H]2CCc2ccc(O)cc2)cnn1C. The molecule has 1 aliphatic rings. The first-order valence-electron chi connectivity index (χ1n) is 8.63. The number of aromatic hydroxyl groups is 1. The summed E-state index contributed by atoms with van der Waals surface area (Å²) in [7, 11) is 2.01. The average molecular weight is 313 g/mol. The van der Waals surface area contributed by atoms with Gasteiger partial charge in [0.1, 0.15) is 5.75 Å². The van der Waals surface area contributed by atoms with E-state index in [0.29, 0.717) is 11.8 Å². The summed E-state index contributed by atoms with van der Waals surface area (Å²) < 4.78 is 1.96. The van der Waals surface area contributed by atoms with Gasteiger partial charge < -0.3 is 5.11 Å². The van der Waals surface area contributed by atoms with Crippen molar-refractivity contribution in [3.05, 3.63) is 47.3 Å². The normalized spacial score (nSPS) is 19.1. The third-order valence-corrected chi connectivity index (χ3v) is 5.16. The number of phenols is 1. The molecule has 0 aliphatic carbocycles. The summed E-state index contributed by atoms with van der Waals surface area (Å²) in [5.41, 5.74) is 3.93. The van der Waals surface area contributed by atoms with E-state index >= 15 is 0 Å². The van der Waals surface area contributed by atoms with Crippen LogP contribution in [0.5, 0.6) is 5.75 Å². The smallest absolute Gasteiger partial charge is 0.115 e. The molecule has 1 saturated heterocycles. The zero-order chi connectivity index (χ0) is 16.2. The Bertz CT molecular complexity index is 633. The second-order valence-electron chi connectivity index (χ2n) is 6.70. The van der Waals surface area contributed by atoms with E-state index < -0.39 is 0 Å². The van der Waals surface area contributed by atoms with Crippen LogP contribution >= 0.6 is 0 Å². The Morgan fingerprint density at radius 2 is 2.00 bits per heavy atom. The van der Waals surface area contributed by atoms with Gasteiger partial charge in [0.25, 0.3) is 0 Å².